The normalized spacial score (nSPS) is 16.4. The first-order valence-corrected chi connectivity index (χ1v) is 8.14. The van der Waals surface area contributed by atoms with Gasteiger partial charge in [-0.15, -0.1) is 0 Å². The minimum absolute atomic E-state index is 0.0497. The summed E-state index contributed by atoms with van der Waals surface area (Å²) < 4.78 is 5.25. The molecule has 0 saturated carbocycles. The molecule has 1 aromatic carbocycles. The number of nitrogens with zero attached hydrogens (tertiary/aromatic N) is 1. The lowest BCUT2D eigenvalue weighted by molar-refractivity contribution is -0.385. The number of amides is 1. The van der Waals surface area contributed by atoms with E-state index in [0.717, 1.165) is 0 Å². The van der Waals surface area contributed by atoms with E-state index < -0.39 is 22.3 Å². The van der Waals surface area contributed by atoms with Crippen LogP contribution in [0.15, 0.2) is 18.2 Å². The van der Waals surface area contributed by atoms with Gasteiger partial charge in [0, 0.05) is 30.4 Å². The molecule has 1 fully saturated rings. The molecule has 1 aliphatic heterocycles. The lowest BCUT2D eigenvalue weighted by Gasteiger charge is -2.36. The Balaban J connectivity index is 2.28. The van der Waals surface area contributed by atoms with Gasteiger partial charge in [-0.1, -0.05) is 19.9 Å². The number of carboxylic acid groups (broad SMARTS) is 1. The van der Waals surface area contributed by atoms with Crippen LogP contribution in [0.3, 0.4) is 0 Å². The number of ether oxygens (including phenoxy) is 1. The third-order valence-corrected chi connectivity index (χ3v) is 4.43. The van der Waals surface area contributed by atoms with E-state index in [0.29, 0.717) is 31.6 Å². The van der Waals surface area contributed by atoms with Crippen LogP contribution in [-0.4, -0.2) is 40.7 Å². The number of benzene rings is 1. The molecule has 1 amide bonds. The summed E-state index contributed by atoms with van der Waals surface area (Å²) in [5.41, 5.74) is -0.311. The predicted octanol–water partition coefficient (Wildman–Crippen LogP) is 2.47. The average Bonchev–Trinajstić information content (AvgIpc) is 2.54. The van der Waals surface area contributed by atoms with Gasteiger partial charge in [-0.2, -0.15) is 0 Å². The average molecular weight is 350 g/mol. The smallest absolute Gasteiger partial charge is 0.305 e. The van der Waals surface area contributed by atoms with Crippen LogP contribution in [0.2, 0.25) is 0 Å². The quantitative estimate of drug-likeness (QED) is 0.601. The highest BCUT2D eigenvalue weighted by molar-refractivity contribution is 5.95. The van der Waals surface area contributed by atoms with Gasteiger partial charge in [0.2, 0.25) is 0 Å². The van der Waals surface area contributed by atoms with Crippen LogP contribution < -0.4 is 5.32 Å². The SMILES string of the molecule is CC(C)c1ccc(C(=O)NC2(CC(=O)O)CCOCC2)cc1[N+](=O)[O-]. The molecule has 0 aromatic heterocycles. The van der Waals surface area contributed by atoms with Crippen molar-refractivity contribution in [1.29, 1.82) is 0 Å². The first kappa shape index (κ1) is 18.9. The van der Waals surface area contributed by atoms with E-state index in [4.69, 9.17) is 9.84 Å². The monoisotopic (exact) mass is 350 g/mol. The molecule has 8 heteroatoms. The van der Waals surface area contributed by atoms with Gasteiger partial charge in [-0.25, -0.2) is 0 Å². The summed E-state index contributed by atoms with van der Waals surface area (Å²) in [6, 6.07) is 4.36. The Hall–Kier alpha value is -2.48. The minimum atomic E-state index is -1.01. The number of hydrogen-bond donors (Lipinski definition) is 2. The van der Waals surface area contributed by atoms with Gasteiger partial charge in [-0.3, -0.25) is 19.7 Å². The van der Waals surface area contributed by atoms with Crippen LogP contribution in [0.5, 0.6) is 0 Å². The molecule has 0 unspecified atom stereocenters. The molecule has 2 rings (SSSR count). The van der Waals surface area contributed by atoms with Gasteiger partial charge in [-0.05, 0) is 24.8 Å². The van der Waals surface area contributed by atoms with E-state index in [9.17, 15) is 19.7 Å². The Morgan fingerprint density at radius 1 is 1.36 bits per heavy atom. The van der Waals surface area contributed by atoms with Crippen molar-refractivity contribution in [3.05, 3.63) is 39.4 Å². The zero-order valence-electron chi connectivity index (χ0n) is 14.3. The maximum absolute atomic E-state index is 12.6. The third-order valence-electron chi connectivity index (χ3n) is 4.43. The fourth-order valence-electron chi connectivity index (χ4n) is 3.04. The van der Waals surface area contributed by atoms with Crippen LogP contribution in [0, 0.1) is 10.1 Å². The molecule has 1 aromatic rings. The van der Waals surface area contributed by atoms with Crippen LogP contribution in [0.4, 0.5) is 5.69 Å². The van der Waals surface area contributed by atoms with E-state index in [1.165, 1.54) is 12.1 Å². The number of rotatable bonds is 6. The minimum Gasteiger partial charge on any atom is -0.481 e. The molecule has 1 saturated heterocycles. The van der Waals surface area contributed by atoms with Crippen molar-refractivity contribution in [2.45, 2.75) is 44.6 Å². The number of nitro groups is 1. The van der Waals surface area contributed by atoms with Gasteiger partial charge < -0.3 is 15.2 Å². The van der Waals surface area contributed by atoms with E-state index >= 15 is 0 Å². The summed E-state index contributed by atoms with van der Waals surface area (Å²) in [6.45, 7) is 4.40. The molecule has 1 aliphatic rings. The van der Waals surface area contributed by atoms with Crippen molar-refractivity contribution in [1.82, 2.24) is 5.32 Å². The lowest BCUT2D eigenvalue weighted by atomic mass is 9.86. The van der Waals surface area contributed by atoms with Crippen molar-refractivity contribution < 1.29 is 24.4 Å². The highest BCUT2D eigenvalue weighted by Crippen LogP contribution is 2.29. The van der Waals surface area contributed by atoms with Crippen molar-refractivity contribution >= 4 is 17.6 Å². The molecule has 0 spiro atoms. The Morgan fingerprint density at radius 2 is 2.00 bits per heavy atom. The molecule has 8 nitrogen and oxygen atoms in total. The Labute approximate surface area is 145 Å². The molecule has 136 valence electrons. The summed E-state index contributed by atoms with van der Waals surface area (Å²) in [6.07, 6.45) is 0.558. The molecule has 0 aliphatic carbocycles. The van der Waals surface area contributed by atoms with Crippen LogP contribution in [0.1, 0.15) is 54.9 Å². The molecule has 1 heterocycles. The second-order valence-electron chi connectivity index (χ2n) is 6.60. The number of aliphatic carboxylic acids is 1. The maximum Gasteiger partial charge on any atom is 0.305 e. The highest BCUT2D eigenvalue weighted by atomic mass is 16.6. The summed E-state index contributed by atoms with van der Waals surface area (Å²) in [5.74, 6) is -1.57. The van der Waals surface area contributed by atoms with Crippen LogP contribution >= 0.6 is 0 Å². The summed E-state index contributed by atoms with van der Waals surface area (Å²) in [7, 11) is 0. The zero-order valence-corrected chi connectivity index (χ0v) is 14.3. The predicted molar refractivity (Wildman–Crippen MR) is 89.7 cm³/mol. The highest BCUT2D eigenvalue weighted by Gasteiger charge is 2.37. The fraction of sp³-hybridized carbons (Fsp3) is 0.529. The number of carboxylic acids is 1. The van der Waals surface area contributed by atoms with Crippen molar-refractivity contribution in [3.8, 4) is 0 Å². The van der Waals surface area contributed by atoms with Gasteiger partial charge in [0.1, 0.15) is 0 Å². The Morgan fingerprint density at radius 3 is 2.52 bits per heavy atom. The Bertz CT molecular complexity index is 680. The van der Waals surface area contributed by atoms with Crippen molar-refractivity contribution in [3.63, 3.8) is 0 Å². The molecular formula is C17H22N2O6. The molecular weight excluding hydrogens is 328 g/mol. The van der Waals surface area contributed by atoms with E-state index in [-0.39, 0.29) is 23.6 Å². The summed E-state index contributed by atoms with van der Waals surface area (Å²) in [4.78, 5) is 34.5. The van der Waals surface area contributed by atoms with Crippen LogP contribution in [-0.2, 0) is 9.53 Å². The Kier molecular flexibility index (Phi) is 5.73. The van der Waals surface area contributed by atoms with Gasteiger partial charge in [0.15, 0.2) is 0 Å². The first-order chi connectivity index (χ1) is 11.7. The molecule has 0 atom stereocenters. The molecule has 0 radical (unpaired) electrons. The van der Waals surface area contributed by atoms with E-state index in [1.807, 2.05) is 13.8 Å². The summed E-state index contributed by atoms with van der Waals surface area (Å²) >= 11 is 0. The standard InChI is InChI=1S/C17H22N2O6/c1-11(2)13-4-3-12(9-14(13)19(23)24)16(22)18-17(10-15(20)21)5-7-25-8-6-17/h3-4,9,11H,5-8,10H2,1-2H3,(H,18,22)(H,20,21). The molecule has 25 heavy (non-hydrogen) atoms. The lowest BCUT2D eigenvalue weighted by Crippen LogP contribution is -2.53. The first-order valence-electron chi connectivity index (χ1n) is 8.14. The second-order valence-corrected chi connectivity index (χ2v) is 6.60. The molecule has 2 N–H and O–H groups in total. The van der Waals surface area contributed by atoms with Crippen LogP contribution in [0.25, 0.3) is 0 Å². The second kappa shape index (κ2) is 7.60. The van der Waals surface area contributed by atoms with Gasteiger partial charge >= 0.3 is 5.97 Å². The van der Waals surface area contributed by atoms with Crippen molar-refractivity contribution in [2.75, 3.05) is 13.2 Å². The van der Waals surface area contributed by atoms with Gasteiger partial charge in [0.05, 0.1) is 16.9 Å². The molecule has 0 bridgehead atoms. The number of hydrogen-bond acceptors (Lipinski definition) is 5. The zero-order chi connectivity index (χ0) is 18.6. The third kappa shape index (κ3) is 4.54. The number of nitrogens with one attached hydrogen (secondary N) is 1. The number of nitro benzene ring substituents is 1. The fourth-order valence-corrected chi connectivity index (χ4v) is 3.04. The largest absolute Gasteiger partial charge is 0.481 e. The maximum atomic E-state index is 12.6. The van der Waals surface area contributed by atoms with E-state index in [1.54, 1.807) is 6.07 Å². The number of carbonyl (C=O) groups excluding carboxylic acids is 1. The van der Waals surface area contributed by atoms with E-state index in [2.05, 4.69) is 5.32 Å². The topological polar surface area (TPSA) is 119 Å². The van der Waals surface area contributed by atoms with Crippen molar-refractivity contribution in [2.24, 2.45) is 0 Å². The number of carbonyl (C=O) groups is 2. The summed E-state index contributed by atoms with van der Waals surface area (Å²) in [5, 5.41) is 23.2. The van der Waals surface area contributed by atoms with Gasteiger partial charge in [0.25, 0.3) is 11.6 Å².